The summed E-state index contributed by atoms with van der Waals surface area (Å²) in [6.45, 7) is 2.17. The fourth-order valence-corrected chi connectivity index (χ4v) is 2.72. The maximum absolute atomic E-state index is 4.41. The van der Waals surface area contributed by atoms with E-state index in [1.807, 2.05) is 0 Å². The Morgan fingerprint density at radius 2 is 2.11 bits per heavy atom. The number of nitrogens with zero attached hydrogens (tertiary/aromatic N) is 2. The zero-order valence-electron chi connectivity index (χ0n) is 10.6. The van der Waals surface area contributed by atoms with Gasteiger partial charge in [-0.1, -0.05) is 12.2 Å². The van der Waals surface area contributed by atoms with E-state index in [9.17, 15) is 0 Å². The standard InChI is InChI=1S/C14H20N4/c1-2-5-11(4-1)13-8-14(17-10-16-13)18-12-6-3-7-15-9-12/h1-2,8,10-12,15H,3-7,9H2,(H,16,17,18). The van der Waals surface area contributed by atoms with Gasteiger partial charge in [0.05, 0.1) is 0 Å². The Kier molecular flexibility index (Phi) is 3.55. The molecule has 1 atom stereocenters. The van der Waals surface area contributed by atoms with E-state index in [0.717, 1.165) is 31.7 Å². The number of allylic oxidation sites excluding steroid dienone is 2. The van der Waals surface area contributed by atoms with Gasteiger partial charge in [-0.2, -0.15) is 0 Å². The van der Waals surface area contributed by atoms with Crippen molar-refractivity contribution in [3.8, 4) is 0 Å². The van der Waals surface area contributed by atoms with Crippen molar-refractivity contribution in [3.05, 3.63) is 30.2 Å². The van der Waals surface area contributed by atoms with Crippen LogP contribution in [0.1, 0.15) is 37.3 Å². The van der Waals surface area contributed by atoms with E-state index in [1.165, 1.54) is 18.5 Å². The molecular weight excluding hydrogens is 224 g/mol. The Balaban J connectivity index is 1.66. The van der Waals surface area contributed by atoms with Crippen LogP contribution in [0, 0.1) is 0 Å². The number of nitrogens with one attached hydrogen (secondary N) is 2. The highest BCUT2D eigenvalue weighted by Gasteiger charge is 2.17. The Bertz CT molecular complexity index is 416. The average molecular weight is 244 g/mol. The molecule has 0 aromatic carbocycles. The molecule has 1 aliphatic carbocycles. The van der Waals surface area contributed by atoms with Gasteiger partial charge in [0.15, 0.2) is 0 Å². The number of aromatic nitrogens is 2. The van der Waals surface area contributed by atoms with Gasteiger partial charge in [-0.05, 0) is 32.2 Å². The maximum atomic E-state index is 4.41. The van der Waals surface area contributed by atoms with E-state index in [2.05, 4.69) is 38.8 Å². The lowest BCUT2D eigenvalue weighted by molar-refractivity contribution is 0.479. The van der Waals surface area contributed by atoms with E-state index in [-0.39, 0.29) is 0 Å². The first-order chi connectivity index (χ1) is 8.92. The fourth-order valence-electron chi connectivity index (χ4n) is 2.72. The zero-order chi connectivity index (χ0) is 12.2. The van der Waals surface area contributed by atoms with Crippen molar-refractivity contribution in [1.29, 1.82) is 0 Å². The van der Waals surface area contributed by atoms with Crippen molar-refractivity contribution < 1.29 is 0 Å². The van der Waals surface area contributed by atoms with Crippen molar-refractivity contribution in [2.24, 2.45) is 0 Å². The molecule has 18 heavy (non-hydrogen) atoms. The summed E-state index contributed by atoms with van der Waals surface area (Å²) < 4.78 is 0. The number of hydrogen-bond donors (Lipinski definition) is 2. The van der Waals surface area contributed by atoms with Crippen LogP contribution >= 0.6 is 0 Å². The van der Waals surface area contributed by atoms with Gasteiger partial charge in [0.2, 0.25) is 0 Å². The van der Waals surface area contributed by atoms with Crippen molar-refractivity contribution in [2.75, 3.05) is 18.4 Å². The minimum absolute atomic E-state index is 0.503. The quantitative estimate of drug-likeness (QED) is 0.799. The molecule has 3 rings (SSSR count). The summed E-state index contributed by atoms with van der Waals surface area (Å²) in [7, 11) is 0. The number of rotatable bonds is 3. The molecule has 1 aromatic heterocycles. The molecular formula is C14H20N4. The third-order valence-electron chi connectivity index (χ3n) is 3.76. The molecule has 0 amide bonds. The van der Waals surface area contributed by atoms with Gasteiger partial charge in [0.25, 0.3) is 0 Å². The van der Waals surface area contributed by atoms with Crippen LogP contribution in [0.4, 0.5) is 5.82 Å². The van der Waals surface area contributed by atoms with E-state index >= 15 is 0 Å². The molecule has 2 aliphatic rings. The molecule has 0 saturated carbocycles. The van der Waals surface area contributed by atoms with Crippen molar-refractivity contribution in [2.45, 2.75) is 37.6 Å². The monoisotopic (exact) mass is 244 g/mol. The minimum Gasteiger partial charge on any atom is -0.366 e. The summed E-state index contributed by atoms with van der Waals surface area (Å²) in [5.74, 6) is 1.53. The van der Waals surface area contributed by atoms with Crippen LogP contribution in [-0.2, 0) is 0 Å². The van der Waals surface area contributed by atoms with Crippen LogP contribution in [0.3, 0.4) is 0 Å². The summed E-state index contributed by atoms with van der Waals surface area (Å²) in [6, 6.07) is 2.62. The third-order valence-corrected chi connectivity index (χ3v) is 3.76. The summed E-state index contributed by atoms with van der Waals surface area (Å²) in [4.78, 5) is 8.74. The van der Waals surface area contributed by atoms with Gasteiger partial charge in [-0.15, -0.1) is 0 Å². The Morgan fingerprint density at radius 3 is 2.89 bits per heavy atom. The Morgan fingerprint density at radius 1 is 1.22 bits per heavy atom. The van der Waals surface area contributed by atoms with Gasteiger partial charge >= 0.3 is 0 Å². The smallest absolute Gasteiger partial charge is 0.129 e. The molecule has 1 aromatic rings. The molecule has 4 nitrogen and oxygen atoms in total. The first kappa shape index (κ1) is 11.7. The molecule has 2 N–H and O–H groups in total. The highest BCUT2D eigenvalue weighted by Crippen LogP contribution is 2.28. The molecule has 96 valence electrons. The predicted octanol–water partition coefficient (Wildman–Crippen LogP) is 2.07. The van der Waals surface area contributed by atoms with Crippen LogP contribution < -0.4 is 10.6 Å². The van der Waals surface area contributed by atoms with Crippen LogP contribution in [-0.4, -0.2) is 29.1 Å². The second-order valence-corrected chi connectivity index (χ2v) is 5.16. The highest BCUT2D eigenvalue weighted by atomic mass is 15.1. The van der Waals surface area contributed by atoms with E-state index in [1.54, 1.807) is 6.33 Å². The zero-order valence-corrected chi connectivity index (χ0v) is 10.6. The molecule has 2 heterocycles. The molecule has 0 spiro atoms. The average Bonchev–Trinajstić information content (AvgIpc) is 2.94. The Hall–Kier alpha value is -1.42. The highest BCUT2D eigenvalue weighted by molar-refractivity contribution is 5.37. The maximum Gasteiger partial charge on any atom is 0.129 e. The van der Waals surface area contributed by atoms with Gasteiger partial charge in [0.1, 0.15) is 12.1 Å². The van der Waals surface area contributed by atoms with E-state index in [0.29, 0.717) is 12.0 Å². The predicted molar refractivity (Wildman–Crippen MR) is 72.7 cm³/mol. The fraction of sp³-hybridized carbons (Fsp3) is 0.571. The number of piperidine rings is 1. The first-order valence-corrected chi connectivity index (χ1v) is 6.86. The van der Waals surface area contributed by atoms with E-state index < -0.39 is 0 Å². The molecule has 1 aliphatic heterocycles. The van der Waals surface area contributed by atoms with Gasteiger partial charge in [0, 0.05) is 30.3 Å². The summed E-state index contributed by atoms with van der Waals surface area (Å²) in [5.41, 5.74) is 1.17. The second-order valence-electron chi connectivity index (χ2n) is 5.16. The molecule has 4 heteroatoms. The summed E-state index contributed by atoms with van der Waals surface area (Å²) >= 11 is 0. The van der Waals surface area contributed by atoms with Crippen molar-refractivity contribution in [1.82, 2.24) is 15.3 Å². The lowest BCUT2D eigenvalue weighted by Crippen LogP contribution is -2.38. The van der Waals surface area contributed by atoms with Gasteiger partial charge in [-0.3, -0.25) is 0 Å². The van der Waals surface area contributed by atoms with Gasteiger partial charge < -0.3 is 10.6 Å². The van der Waals surface area contributed by atoms with Crippen LogP contribution in [0.25, 0.3) is 0 Å². The molecule has 1 fully saturated rings. The van der Waals surface area contributed by atoms with Crippen LogP contribution in [0.5, 0.6) is 0 Å². The lowest BCUT2D eigenvalue weighted by Gasteiger charge is -2.24. The molecule has 0 bridgehead atoms. The number of hydrogen-bond acceptors (Lipinski definition) is 4. The normalized spacial score (nSPS) is 24.3. The van der Waals surface area contributed by atoms with Gasteiger partial charge in [-0.25, -0.2) is 9.97 Å². The third kappa shape index (κ3) is 2.70. The van der Waals surface area contributed by atoms with Crippen LogP contribution in [0.2, 0.25) is 0 Å². The lowest BCUT2D eigenvalue weighted by atomic mass is 10.0. The minimum atomic E-state index is 0.503. The van der Waals surface area contributed by atoms with Crippen LogP contribution in [0.15, 0.2) is 24.5 Å². The Labute approximate surface area is 108 Å². The number of anilines is 1. The summed E-state index contributed by atoms with van der Waals surface area (Å²) in [5, 5.41) is 6.92. The SMILES string of the molecule is C1=CCC(c2cc(NC3CCCNC3)ncn2)C1. The topological polar surface area (TPSA) is 49.8 Å². The second kappa shape index (κ2) is 5.48. The molecule has 1 unspecified atom stereocenters. The molecule has 1 saturated heterocycles. The summed E-state index contributed by atoms with van der Waals surface area (Å²) in [6.07, 6.45) is 10.9. The van der Waals surface area contributed by atoms with E-state index in [4.69, 9.17) is 0 Å². The first-order valence-electron chi connectivity index (χ1n) is 6.86. The van der Waals surface area contributed by atoms with Crippen molar-refractivity contribution in [3.63, 3.8) is 0 Å². The largest absolute Gasteiger partial charge is 0.366 e. The van der Waals surface area contributed by atoms with Crippen molar-refractivity contribution >= 4 is 5.82 Å². The molecule has 0 radical (unpaired) electrons.